The van der Waals surface area contributed by atoms with Crippen molar-refractivity contribution in [1.82, 2.24) is 5.16 Å². The summed E-state index contributed by atoms with van der Waals surface area (Å²) in [6.07, 6.45) is 6.27. The molecule has 0 atom stereocenters. The monoisotopic (exact) mass is 166 g/mol. The molecule has 1 fully saturated rings. The normalized spacial score (nSPS) is 21.5. The summed E-state index contributed by atoms with van der Waals surface area (Å²) in [6, 6.07) is 0. The molecule has 0 amide bonds. The molecule has 3 heteroatoms. The van der Waals surface area contributed by atoms with Crippen LogP contribution in [-0.4, -0.2) is 5.16 Å². The minimum atomic E-state index is -0.149. The zero-order valence-corrected chi connectivity index (χ0v) is 7.34. The first-order chi connectivity index (χ1) is 5.72. The SMILES string of the molecule is Cc1nocc1C1(N)CCCC1. The lowest BCUT2D eigenvalue weighted by molar-refractivity contribution is 0.407. The summed E-state index contributed by atoms with van der Waals surface area (Å²) in [4.78, 5) is 0. The van der Waals surface area contributed by atoms with Gasteiger partial charge < -0.3 is 10.3 Å². The molecular formula is C9H14N2O. The fourth-order valence-corrected chi connectivity index (χ4v) is 2.05. The maximum atomic E-state index is 6.23. The highest BCUT2D eigenvalue weighted by atomic mass is 16.5. The molecular weight excluding hydrogens is 152 g/mol. The van der Waals surface area contributed by atoms with E-state index in [9.17, 15) is 0 Å². The summed E-state index contributed by atoms with van der Waals surface area (Å²) in [5.41, 5.74) is 8.12. The van der Waals surface area contributed by atoms with E-state index in [0.717, 1.165) is 24.1 Å². The summed E-state index contributed by atoms with van der Waals surface area (Å²) in [5, 5.41) is 3.85. The van der Waals surface area contributed by atoms with Gasteiger partial charge in [0.05, 0.1) is 5.69 Å². The molecule has 1 aromatic rings. The molecule has 0 aromatic carbocycles. The Bertz CT molecular complexity index is 274. The Hall–Kier alpha value is -0.830. The van der Waals surface area contributed by atoms with Crippen molar-refractivity contribution >= 4 is 0 Å². The molecule has 0 unspecified atom stereocenters. The van der Waals surface area contributed by atoms with Gasteiger partial charge >= 0.3 is 0 Å². The standard InChI is InChI=1S/C9H14N2O/c1-7-8(6-12-11-7)9(10)4-2-3-5-9/h6H,2-5,10H2,1H3. The molecule has 1 aromatic heterocycles. The van der Waals surface area contributed by atoms with E-state index in [1.165, 1.54) is 12.8 Å². The highest BCUT2D eigenvalue weighted by Gasteiger charge is 2.34. The zero-order chi connectivity index (χ0) is 8.60. The molecule has 1 aliphatic carbocycles. The molecule has 0 spiro atoms. The maximum absolute atomic E-state index is 6.23. The first kappa shape index (κ1) is 7.80. The third kappa shape index (κ3) is 1.05. The molecule has 0 bridgehead atoms. The Balaban J connectivity index is 2.34. The molecule has 2 N–H and O–H groups in total. The zero-order valence-electron chi connectivity index (χ0n) is 7.34. The lowest BCUT2D eigenvalue weighted by Crippen LogP contribution is -2.33. The van der Waals surface area contributed by atoms with Crippen molar-refractivity contribution in [2.75, 3.05) is 0 Å². The van der Waals surface area contributed by atoms with Crippen LogP contribution < -0.4 is 5.73 Å². The Morgan fingerprint density at radius 3 is 2.67 bits per heavy atom. The molecule has 66 valence electrons. The summed E-state index contributed by atoms with van der Waals surface area (Å²) >= 11 is 0. The van der Waals surface area contributed by atoms with Gasteiger partial charge in [-0.15, -0.1) is 0 Å². The van der Waals surface area contributed by atoms with Gasteiger partial charge in [0.1, 0.15) is 6.26 Å². The fourth-order valence-electron chi connectivity index (χ4n) is 2.05. The Morgan fingerprint density at radius 1 is 1.50 bits per heavy atom. The average Bonchev–Trinajstić information content (AvgIpc) is 2.59. The van der Waals surface area contributed by atoms with Gasteiger partial charge in [-0.1, -0.05) is 18.0 Å². The van der Waals surface area contributed by atoms with Gasteiger partial charge in [0, 0.05) is 11.1 Å². The van der Waals surface area contributed by atoms with Crippen molar-refractivity contribution in [2.45, 2.75) is 38.1 Å². The van der Waals surface area contributed by atoms with Crippen LogP contribution in [0.4, 0.5) is 0 Å². The second-order valence-electron chi connectivity index (χ2n) is 3.68. The lowest BCUT2D eigenvalue weighted by Gasteiger charge is -2.21. The third-order valence-corrected chi connectivity index (χ3v) is 2.78. The van der Waals surface area contributed by atoms with E-state index in [2.05, 4.69) is 5.16 Å². The smallest absolute Gasteiger partial charge is 0.129 e. The van der Waals surface area contributed by atoms with Crippen LogP contribution in [0.25, 0.3) is 0 Å². The van der Waals surface area contributed by atoms with Crippen molar-refractivity contribution in [3.63, 3.8) is 0 Å². The van der Waals surface area contributed by atoms with Crippen LogP contribution in [0.15, 0.2) is 10.8 Å². The number of nitrogens with zero attached hydrogens (tertiary/aromatic N) is 1. The summed E-state index contributed by atoms with van der Waals surface area (Å²) < 4.78 is 4.89. The molecule has 2 rings (SSSR count). The fraction of sp³-hybridized carbons (Fsp3) is 0.667. The predicted molar refractivity (Wildman–Crippen MR) is 45.6 cm³/mol. The highest BCUT2D eigenvalue weighted by Crippen LogP contribution is 2.37. The van der Waals surface area contributed by atoms with Crippen LogP contribution in [0.3, 0.4) is 0 Å². The lowest BCUT2D eigenvalue weighted by atomic mass is 9.90. The van der Waals surface area contributed by atoms with Gasteiger partial charge in [-0.25, -0.2) is 0 Å². The van der Waals surface area contributed by atoms with E-state index in [-0.39, 0.29) is 5.54 Å². The number of aryl methyl sites for hydroxylation is 1. The van der Waals surface area contributed by atoms with Crippen molar-refractivity contribution in [1.29, 1.82) is 0 Å². The summed E-state index contributed by atoms with van der Waals surface area (Å²) in [7, 11) is 0. The van der Waals surface area contributed by atoms with Crippen LogP contribution in [0.2, 0.25) is 0 Å². The number of aromatic nitrogens is 1. The van der Waals surface area contributed by atoms with E-state index in [4.69, 9.17) is 10.3 Å². The summed E-state index contributed by atoms with van der Waals surface area (Å²) in [6.45, 7) is 1.95. The topological polar surface area (TPSA) is 52.0 Å². The van der Waals surface area contributed by atoms with Gasteiger partial charge in [-0.2, -0.15) is 0 Å². The predicted octanol–water partition coefficient (Wildman–Crippen LogP) is 1.71. The summed E-state index contributed by atoms with van der Waals surface area (Å²) in [5.74, 6) is 0. The molecule has 0 saturated heterocycles. The molecule has 3 nitrogen and oxygen atoms in total. The van der Waals surface area contributed by atoms with Crippen molar-refractivity contribution in [3.8, 4) is 0 Å². The van der Waals surface area contributed by atoms with Crippen LogP contribution in [-0.2, 0) is 5.54 Å². The van der Waals surface area contributed by atoms with Crippen molar-refractivity contribution in [3.05, 3.63) is 17.5 Å². The minimum absolute atomic E-state index is 0.149. The van der Waals surface area contributed by atoms with E-state index < -0.39 is 0 Å². The maximum Gasteiger partial charge on any atom is 0.129 e. The van der Waals surface area contributed by atoms with Gasteiger partial charge in [-0.3, -0.25) is 0 Å². The van der Waals surface area contributed by atoms with E-state index in [1.54, 1.807) is 6.26 Å². The second-order valence-corrected chi connectivity index (χ2v) is 3.68. The van der Waals surface area contributed by atoms with E-state index >= 15 is 0 Å². The largest absolute Gasteiger partial charge is 0.364 e. The third-order valence-electron chi connectivity index (χ3n) is 2.78. The minimum Gasteiger partial charge on any atom is -0.364 e. The van der Waals surface area contributed by atoms with Gasteiger partial charge in [0.15, 0.2) is 0 Å². The Kier molecular flexibility index (Phi) is 1.68. The number of rotatable bonds is 1. The molecule has 0 radical (unpaired) electrons. The van der Waals surface area contributed by atoms with Crippen LogP contribution in [0.1, 0.15) is 36.9 Å². The second kappa shape index (κ2) is 2.59. The van der Waals surface area contributed by atoms with Crippen LogP contribution in [0.5, 0.6) is 0 Å². The van der Waals surface area contributed by atoms with Gasteiger partial charge in [-0.05, 0) is 19.8 Å². The van der Waals surface area contributed by atoms with Crippen molar-refractivity contribution in [2.24, 2.45) is 5.73 Å². The first-order valence-corrected chi connectivity index (χ1v) is 4.43. The Labute approximate surface area is 71.9 Å². The molecule has 1 saturated carbocycles. The van der Waals surface area contributed by atoms with Crippen molar-refractivity contribution < 1.29 is 4.52 Å². The molecule has 0 aliphatic heterocycles. The van der Waals surface area contributed by atoms with E-state index in [1.807, 2.05) is 6.92 Å². The van der Waals surface area contributed by atoms with Crippen LogP contribution in [0, 0.1) is 6.92 Å². The molecule has 1 heterocycles. The number of nitrogens with two attached hydrogens (primary N) is 1. The van der Waals surface area contributed by atoms with Gasteiger partial charge in [0.2, 0.25) is 0 Å². The van der Waals surface area contributed by atoms with Gasteiger partial charge in [0.25, 0.3) is 0 Å². The van der Waals surface area contributed by atoms with Crippen LogP contribution >= 0.6 is 0 Å². The van der Waals surface area contributed by atoms with E-state index in [0.29, 0.717) is 0 Å². The number of hydrogen-bond acceptors (Lipinski definition) is 3. The first-order valence-electron chi connectivity index (χ1n) is 4.43. The highest BCUT2D eigenvalue weighted by molar-refractivity contribution is 5.24. The quantitative estimate of drug-likeness (QED) is 0.691. The Morgan fingerprint density at radius 2 is 2.17 bits per heavy atom. The number of hydrogen-bond donors (Lipinski definition) is 1. The molecule has 12 heavy (non-hydrogen) atoms. The molecule has 1 aliphatic rings. The average molecular weight is 166 g/mol.